The summed E-state index contributed by atoms with van der Waals surface area (Å²) >= 11 is 1.51. The van der Waals surface area contributed by atoms with Gasteiger partial charge in [0.25, 0.3) is 5.91 Å². The molecule has 1 heterocycles. The highest BCUT2D eigenvalue weighted by atomic mass is 32.1. The summed E-state index contributed by atoms with van der Waals surface area (Å²) < 4.78 is 0. The summed E-state index contributed by atoms with van der Waals surface area (Å²) in [6.45, 7) is 3.85. The van der Waals surface area contributed by atoms with Crippen LogP contribution in [0.3, 0.4) is 0 Å². The molecule has 1 unspecified atom stereocenters. The monoisotopic (exact) mass is 280 g/mol. The maximum atomic E-state index is 12.0. The third-order valence-corrected chi connectivity index (χ3v) is 4.92. The number of carbonyl (C=O) groups excluding carboxylic acids is 2. The van der Waals surface area contributed by atoms with Gasteiger partial charge in [-0.3, -0.25) is 9.59 Å². The number of aryl methyl sites for hydroxylation is 1. The zero-order valence-corrected chi connectivity index (χ0v) is 12.2. The third-order valence-electron chi connectivity index (χ3n) is 3.71. The van der Waals surface area contributed by atoms with Crippen LogP contribution < -0.4 is 11.1 Å². The van der Waals surface area contributed by atoms with Gasteiger partial charge in [0.15, 0.2) is 0 Å². The summed E-state index contributed by atoms with van der Waals surface area (Å²) in [5.41, 5.74) is 7.08. The van der Waals surface area contributed by atoms with Gasteiger partial charge < -0.3 is 11.1 Å². The summed E-state index contributed by atoms with van der Waals surface area (Å²) in [7, 11) is 0. The smallest absolute Gasteiger partial charge is 0.251 e. The molecule has 1 aliphatic carbocycles. The molecular formula is C14H20N2O2S. The van der Waals surface area contributed by atoms with Crippen LogP contribution in [0.4, 0.5) is 5.00 Å². The van der Waals surface area contributed by atoms with Crippen LogP contribution in [0.15, 0.2) is 0 Å². The van der Waals surface area contributed by atoms with Gasteiger partial charge in [-0.05, 0) is 37.7 Å². The average Bonchev–Trinajstić information content (AvgIpc) is 2.75. The predicted molar refractivity (Wildman–Crippen MR) is 77.6 cm³/mol. The summed E-state index contributed by atoms with van der Waals surface area (Å²) in [6.07, 6.45) is 4.89. The van der Waals surface area contributed by atoms with Crippen LogP contribution in [0, 0.1) is 5.92 Å². The number of amides is 2. The van der Waals surface area contributed by atoms with Crippen molar-refractivity contribution < 1.29 is 9.59 Å². The van der Waals surface area contributed by atoms with E-state index in [4.69, 9.17) is 5.73 Å². The lowest BCUT2D eigenvalue weighted by Crippen LogP contribution is -2.22. The minimum atomic E-state index is -0.432. The molecule has 4 nitrogen and oxygen atoms in total. The number of hydrogen-bond acceptors (Lipinski definition) is 3. The van der Waals surface area contributed by atoms with Crippen molar-refractivity contribution in [2.45, 2.75) is 46.0 Å². The van der Waals surface area contributed by atoms with Crippen molar-refractivity contribution in [2.75, 3.05) is 5.32 Å². The second kappa shape index (κ2) is 5.74. The van der Waals surface area contributed by atoms with Gasteiger partial charge in [0.1, 0.15) is 5.00 Å². The van der Waals surface area contributed by atoms with Gasteiger partial charge in [0.2, 0.25) is 5.91 Å². The molecule has 0 saturated carbocycles. The molecule has 0 saturated heterocycles. The van der Waals surface area contributed by atoms with Crippen molar-refractivity contribution in [1.82, 2.24) is 0 Å². The molecule has 3 N–H and O–H groups in total. The van der Waals surface area contributed by atoms with Gasteiger partial charge in [0, 0.05) is 10.8 Å². The second-order valence-corrected chi connectivity index (χ2v) is 6.18. The molecule has 0 radical (unpaired) electrons. The first-order chi connectivity index (χ1) is 9.04. The van der Waals surface area contributed by atoms with Gasteiger partial charge in [-0.2, -0.15) is 0 Å². The largest absolute Gasteiger partial charge is 0.365 e. The molecule has 0 fully saturated rings. The van der Waals surface area contributed by atoms with Crippen LogP contribution in [0.25, 0.3) is 0 Å². The van der Waals surface area contributed by atoms with E-state index in [0.717, 1.165) is 37.7 Å². The number of primary amides is 1. The Kier molecular flexibility index (Phi) is 4.24. The van der Waals surface area contributed by atoms with E-state index in [-0.39, 0.29) is 11.8 Å². The van der Waals surface area contributed by atoms with Crippen molar-refractivity contribution in [1.29, 1.82) is 0 Å². The van der Waals surface area contributed by atoms with E-state index in [1.54, 1.807) is 0 Å². The fourth-order valence-corrected chi connectivity index (χ4v) is 3.63. The number of hydrogen-bond donors (Lipinski definition) is 2. The lowest BCUT2D eigenvalue weighted by atomic mass is 9.95. The first-order valence-corrected chi connectivity index (χ1v) is 7.61. The summed E-state index contributed by atoms with van der Waals surface area (Å²) in [4.78, 5) is 24.8. The minimum Gasteiger partial charge on any atom is -0.365 e. The van der Waals surface area contributed by atoms with Crippen LogP contribution in [0.2, 0.25) is 0 Å². The molecule has 5 heteroatoms. The predicted octanol–water partition coefficient (Wildman–Crippen LogP) is 2.71. The highest BCUT2D eigenvalue weighted by Crippen LogP contribution is 2.38. The molecule has 1 aromatic rings. The Labute approximate surface area is 117 Å². The van der Waals surface area contributed by atoms with E-state index in [2.05, 4.69) is 5.32 Å². The Morgan fingerprint density at radius 2 is 2.05 bits per heavy atom. The average molecular weight is 280 g/mol. The van der Waals surface area contributed by atoms with E-state index in [0.29, 0.717) is 10.6 Å². The van der Waals surface area contributed by atoms with Gasteiger partial charge in [0.05, 0.1) is 5.56 Å². The lowest BCUT2D eigenvalue weighted by molar-refractivity contribution is -0.119. The van der Waals surface area contributed by atoms with Crippen LogP contribution in [-0.4, -0.2) is 11.8 Å². The Morgan fingerprint density at radius 3 is 2.68 bits per heavy atom. The first-order valence-electron chi connectivity index (χ1n) is 6.79. The molecule has 1 aliphatic rings. The van der Waals surface area contributed by atoms with E-state index in [1.807, 2.05) is 13.8 Å². The number of nitrogens with one attached hydrogen (secondary N) is 1. The molecule has 2 amide bonds. The fraction of sp³-hybridized carbons (Fsp3) is 0.571. The Balaban J connectivity index is 2.32. The van der Waals surface area contributed by atoms with Crippen molar-refractivity contribution in [2.24, 2.45) is 11.7 Å². The molecule has 19 heavy (non-hydrogen) atoms. The molecule has 1 atom stereocenters. The number of fused-ring (bicyclic) bond motifs is 1. The summed E-state index contributed by atoms with van der Waals surface area (Å²) in [5, 5.41) is 3.52. The highest BCUT2D eigenvalue weighted by molar-refractivity contribution is 7.17. The van der Waals surface area contributed by atoms with Crippen LogP contribution in [-0.2, 0) is 17.6 Å². The fourth-order valence-electron chi connectivity index (χ4n) is 2.34. The topological polar surface area (TPSA) is 72.2 Å². The molecule has 0 aromatic carbocycles. The molecule has 0 spiro atoms. The lowest BCUT2D eigenvalue weighted by Gasteiger charge is -2.11. The van der Waals surface area contributed by atoms with Crippen LogP contribution >= 0.6 is 11.3 Å². The number of anilines is 1. The molecule has 0 aliphatic heterocycles. The van der Waals surface area contributed by atoms with Crippen molar-refractivity contribution >= 4 is 28.2 Å². The number of carbonyl (C=O) groups is 2. The molecule has 2 rings (SSSR count). The highest BCUT2D eigenvalue weighted by Gasteiger charge is 2.25. The van der Waals surface area contributed by atoms with Crippen LogP contribution in [0.1, 0.15) is 53.9 Å². The molecule has 104 valence electrons. The van der Waals surface area contributed by atoms with Gasteiger partial charge >= 0.3 is 0 Å². The number of nitrogens with two attached hydrogens (primary N) is 1. The molecule has 1 aromatic heterocycles. The van der Waals surface area contributed by atoms with Gasteiger partial charge in [-0.25, -0.2) is 0 Å². The van der Waals surface area contributed by atoms with E-state index >= 15 is 0 Å². The zero-order valence-electron chi connectivity index (χ0n) is 11.4. The third kappa shape index (κ3) is 2.81. The first kappa shape index (κ1) is 14.1. The quantitative estimate of drug-likeness (QED) is 0.890. The van der Waals surface area contributed by atoms with E-state index < -0.39 is 5.91 Å². The maximum Gasteiger partial charge on any atom is 0.251 e. The van der Waals surface area contributed by atoms with Gasteiger partial charge in [-0.15, -0.1) is 11.3 Å². The Morgan fingerprint density at radius 1 is 1.37 bits per heavy atom. The van der Waals surface area contributed by atoms with Crippen molar-refractivity contribution in [3.05, 3.63) is 16.0 Å². The second-order valence-electron chi connectivity index (χ2n) is 5.08. The zero-order chi connectivity index (χ0) is 14.0. The SMILES string of the molecule is CCC(C)C(=O)Nc1sc2c(c1C(N)=O)CCCC2. The van der Waals surface area contributed by atoms with Crippen molar-refractivity contribution in [3.8, 4) is 0 Å². The number of thiophene rings is 1. The van der Waals surface area contributed by atoms with E-state index in [1.165, 1.54) is 16.2 Å². The number of rotatable bonds is 4. The maximum absolute atomic E-state index is 12.0. The minimum absolute atomic E-state index is 0.0383. The molecule has 0 bridgehead atoms. The Bertz CT molecular complexity index is 508. The van der Waals surface area contributed by atoms with Crippen LogP contribution in [0.5, 0.6) is 0 Å². The standard InChI is InChI=1S/C14H20N2O2S/c1-3-8(2)13(18)16-14-11(12(15)17)9-6-4-5-7-10(9)19-14/h8H,3-7H2,1-2H3,(H2,15,17)(H,16,18). The normalized spacial score (nSPS) is 15.7. The van der Waals surface area contributed by atoms with Gasteiger partial charge in [-0.1, -0.05) is 13.8 Å². The summed E-state index contributed by atoms with van der Waals surface area (Å²) in [5.74, 6) is -0.526. The Hall–Kier alpha value is -1.36. The van der Waals surface area contributed by atoms with Crippen molar-refractivity contribution in [3.63, 3.8) is 0 Å². The summed E-state index contributed by atoms with van der Waals surface area (Å²) in [6, 6.07) is 0. The molecular weight excluding hydrogens is 260 g/mol. The van der Waals surface area contributed by atoms with E-state index in [9.17, 15) is 9.59 Å².